The molecule has 18 aromatic rings. The van der Waals surface area contributed by atoms with E-state index < -0.39 is 0 Å². The van der Waals surface area contributed by atoms with Gasteiger partial charge in [-0.3, -0.25) is 0 Å². The minimum absolute atomic E-state index is 0.989. The van der Waals surface area contributed by atoms with Crippen LogP contribution in [-0.2, 0) is 28.2 Å². The van der Waals surface area contributed by atoms with E-state index in [0.29, 0.717) is 0 Å². The van der Waals surface area contributed by atoms with Crippen LogP contribution in [0.5, 0.6) is 0 Å². The Morgan fingerprint density at radius 1 is 0.278 bits per heavy atom. The smallest absolute Gasteiger partial charge is 0.162 e. The molecule has 0 saturated carbocycles. The van der Waals surface area contributed by atoms with Gasteiger partial charge in [-0.1, -0.05) is 36.4 Å². The van der Waals surface area contributed by atoms with Gasteiger partial charge in [0.25, 0.3) is 0 Å². The summed E-state index contributed by atoms with van der Waals surface area (Å²) in [6.45, 7) is 8.64. The predicted octanol–water partition coefficient (Wildman–Crippen LogP) is 20.0. The maximum absolute atomic E-state index is 6.59. The maximum Gasteiger partial charge on any atom is 0.162 e. The normalized spacial score (nSPS) is 13.0. The van der Waals surface area contributed by atoms with Gasteiger partial charge in [0, 0.05) is 99.5 Å². The summed E-state index contributed by atoms with van der Waals surface area (Å²) >= 11 is 11.5. The average Bonchev–Trinajstić information content (AvgIpc) is 4.23. The summed E-state index contributed by atoms with van der Waals surface area (Å²) in [6, 6.07) is 36.5. The van der Waals surface area contributed by atoms with Crippen molar-refractivity contribution >= 4 is 234 Å². The van der Waals surface area contributed by atoms with Gasteiger partial charge in [0.15, 0.2) is 22.3 Å². The number of aryl methyl sites for hydroxylation is 8. The summed E-state index contributed by atoms with van der Waals surface area (Å²) in [7, 11) is 8.79. The molecular formula is C60H40N4O2S6. The molecule has 18 rings (SSSR count). The van der Waals surface area contributed by atoms with Crippen molar-refractivity contribution in [1.82, 2.24) is 18.3 Å². The van der Waals surface area contributed by atoms with Crippen molar-refractivity contribution in [2.75, 3.05) is 0 Å². The highest BCUT2D eigenvalue weighted by Gasteiger charge is 2.26. The van der Waals surface area contributed by atoms with Crippen LogP contribution < -0.4 is 0 Å². The molecule has 0 N–H and O–H groups in total. The second-order valence-corrected chi connectivity index (χ2v) is 26.5. The van der Waals surface area contributed by atoms with Crippen molar-refractivity contribution in [3.05, 3.63) is 119 Å². The Morgan fingerprint density at radius 2 is 0.583 bits per heavy atom. The van der Waals surface area contributed by atoms with Crippen LogP contribution in [-0.4, -0.2) is 18.3 Å². The largest absolute Gasteiger partial charge is 0.452 e. The van der Waals surface area contributed by atoms with E-state index in [1.807, 2.05) is 68.0 Å². The molecule has 72 heavy (non-hydrogen) atoms. The van der Waals surface area contributed by atoms with Crippen molar-refractivity contribution in [2.24, 2.45) is 28.2 Å². The number of benzene rings is 6. The number of nitrogens with zero attached hydrogens (tertiary/aromatic N) is 4. The lowest BCUT2D eigenvalue weighted by molar-refractivity contribution is 0.676. The van der Waals surface area contributed by atoms with Crippen molar-refractivity contribution in [1.29, 1.82) is 0 Å². The Labute approximate surface area is 432 Å². The number of thiophene rings is 6. The maximum atomic E-state index is 6.59. The molecule has 0 spiro atoms. The zero-order valence-electron chi connectivity index (χ0n) is 40.3. The Kier molecular flexibility index (Phi) is 7.78. The molecule has 12 heteroatoms. The lowest BCUT2D eigenvalue weighted by atomic mass is 10.2. The summed E-state index contributed by atoms with van der Waals surface area (Å²) in [6.07, 6.45) is 0. The Hall–Kier alpha value is -6.64. The molecule has 0 amide bonds. The summed E-state index contributed by atoms with van der Waals surface area (Å²) in [5.74, 6) is 0. The standard InChI is InChI=1S/C30H20N2O2S2.C30H20N2S4/c1-13-5-7-15-19(9-13)31(3)23-25(15)33-27-17-11-22-18(12-21(17)35-29(23)27)28-30(36-22)24-26(34-28)16-8-6-14(2)10-20(16)32(24)4;1-13-5-7-15-19(9-13)33-27-23(15)31(3)25-17-11-22-18(12-21(17)35-29(25)27)26-30(36-22)28-24(32(26)4)16-8-6-14(2)10-20(16)34-28/h2*5-12H,1-4H3. The number of fused-ring (bicyclic) bond motifs is 28. The van der Waals surface area contributed by atoms with Gasteiger partial charge >= 0.3 is 0 Å². The zero-order chi connectivity index (χ0) is 48.1. The fourth-order valence-corrected chi connectivity index (χ4v) is 20.2. The third-order valence-electron chi connectivity index (χ3n) is 15.7. The second kappa shape index (κ2) is 13.7. The Bertz CT molecular complexity index is 5170. The first-order valence-electron chi connectivity index (χ1n) is 24.1. The molecule has 6 aromatic carbocycles. The highest BCUT2D eigenvalue weighted by Crippen LogP contribution is 2.53. The summed E-state index contributed by atoms with van der Waals surface area (Å²) in [5.41, 5.74) is 19.5. The molecule has 0 atom stereocenters. The summed E-state index contributed by atoms with van der Waals surface area (Å²) in [4.78, 5) is 0. The molecular weight excluding hydrogens is 1000 g/mol. The van der Waals surface area contributed by atoms with E-state index >= 15 is 0 Å². The molecule has 12 aromatic heterocycles. The van der Waals surface area contributed by atoms with Gasteiger partial charge in [-0.15, -0.1) is 68.0 Å². The van der Waals surface area contributed by atoms with E-state index in [9.17, 15) is 0 Å². The highest BCUT2D eigenvalue weighted by molar-refractivity contribution is 7.35. The van der Waals surface area contributed by atoms with Crippen LogP contribution in [0.2, 0.25) is 0 Å². The number of hydrogen-bond donors (Lipinski definition) is 0. The molecule has 348 valence electrons. The van der Waals surface area contributed by atoms with E-state index in [2.05, 4.69) is 171 Å². The number of furan rings is 2. The van der Waals surface area contributed by atoms with Crippen LogP contribution >= 0.6 is 68.0 Å². The topological polar surface area (TPSA) is 46.0 Å². The highest BCUT2D eigenvalue weighted by atomic mass is 32.1. The second-order valence-electron chi connectivity index (χ2n) is 20.2. The fourth-order valence-electron chi connectivity index (χ4n) is 12.3. The van der Waals surface area contributed by atoms with E-state index in [4.69, 9.17) is 8.83 Å². The molecule has 0 saturated heterocycles. The molecule has 0 unspecified atom stereocenters. The molecule has 0 radical (unpaired) electrons. The first kappa shape index (κ1) is 40.9. The molecule has 0 aliphatic rings. The average molecular weight is 1040 g/mol. The van der Waals surface area contributed by atoms with E-state index in [0.717, 1.165) is 22.3 Å². The van der Waals surface area contributed by atoms with Gasteiger partial charge in [0.2, 0.25) is 0 Å². The number of rotatable bonds is 0. The van der Waals surface area contributed by atoms with E-state index in [1.165, 1.54) is 166 Å². The van der Waals surface area contributed by atoms with Crippen molar-refractivity contribution in [3.8, 4) is 0 Å². The van der Waals surface area contributed by atoms with Crippen LogP contribution in [0.3, 0.4) is 0 Å². The Morgan fingerprint density at radius 3 is 0.986 bits per heavy atom. The van der Waals surface area contributed by atoms with Crippen LogP contribution in [0.25, 0.3) is 166 Å². The fraction of sp³-hybridized carbons (Fsp3) is 0.133. The lowest BCUT2D eigenvalue weighted by Gasteiger charge is -2.01. The molecule has 0 bridgehead atoms. The van der Waals surface area contributed by atoms with Crippen LogP contribution in [0.1, 0.15) is 22.3 Å². The number of hydrogen-bond acceptors (Lipinski definition) is 8. The van der Waals surface area contributed by atoms with E-state index in [1.54, 1.807) is 0 Å². The molecule has 6 nitrogen and oxygen atoms in total. The van der Waals surface area contributed by atoms with Crippen molar-refractivity contribution in [2.45, 2.75) is 27.7 Å². The third-order valence-corrected chi connectivity index (χ3v) is 22.9. The molecule has 0 fully saturated rings. The van der Waals surface area contributed by atoms with Crippen LogP contribution in [0.4, 0.5) is 0 Å². The Balaban J connectivity index is 0.000000120. The van der Waals surface area contributed by atoms with Crippen LogP contribution in [0, 0.1) is 27.7 Å². The van der Waals surface area contributed by atoms with E-state index in [-0.39, 0.29) is 0 Å². The van der Waals surface area contributed by atoms with Crippen molar-refractivity contribution in [3.63, 3.8) is 0 Å². The van der Waals surface area contributed by atoms with Gasteiger partial charge < -0.3 is 27.1 Å². The first-order chi connectivity index (χ1) is 34.9. The molecule has 0 aliphatic carbocycles. The molecule has 0 aliphatic heterocycles. The monoisotopic (exact) mass is 1040 g/mol. The minimum atomic E-state index is 0.989. The lowest BCUT2D eigenvalue weighted by Crippen LogP contribution is -1.87. The van der Waals surface area contributed by atoms with Gasteiger partial charge in [-0.25, -0.2) is 0 Å². The quantitative estimate of drug-likeness (QED) is 0.152. The van der Waals surface area contributed by atoms with Gasteiger partial charge in [-0.2, -0.15) is 0 Å². The van der Waals surface area contributed by atoms with Crippen molar-refractivity contribution < 1.29 is 8.83 Å². The minimum Gasteiger partial charge on any atom is -0.452 e. The SMILES string of the molecule is Cc1ccc2c(c1)sc1c3sc4cc5c(cc4c3n(C)c21)sc1c2sc3cc(C)ccc3c2n(C)c51.Cc1ccc2c3oc4c5cc6sc7c(oc8c9ccc(C)cc9n(C)c87)c6cc5sc4c3n(C)c2c1. The predicted molar refractivity (Wildman–Crippen MR) is 320 cm³/mol. The van der Waals surface area contributed by atoms with Gasteiger partial charge in [0.05, 0.1) is 61.3 Å². The van der Waals surface area contributed by atoms with Gasteiger partial charge in [0.1, 0.15) is 11.0 Å². The third kappa shape index (κ3) is 5.03. The van der Waals surface area contributed by atoms with Crippen LogP contribution in [0.15, 0.2) is 106 Å². The number of aromatic nitrogens is 4. The summed E-state index contributed by atoms with van der Waals surface area (Å²) < 4.78 is 38.9. The zero-order valence-corrected chi connectivity index (χ0v) is 45.2. The first-order valence-corrected chi connectivity index (χ1v) is 29.0. The molecule has 12 heterocycles. The van der Waals surface area contributed by atoms with Gasteiger partial charge in [-0.05, 0) is 111 Å². The summed E-state index contributed by atoms with van der Waals surface area (Å²) in [5, 5.41) is 10.3.